The number of carbonyl (C=O) groups is 1. The molecule has 1 amide bonds. The first-order valence-corrected chi connectivity index (χ1v) is 7.02. The van der Waals surface area contributed by atoms with Crippen LogP contribution in [0, 0.1) is 0 Å². The van der Waals surface area contributed by atoms with Gasteiger partial charge in [-0.15, -0.1) is 0 Å². The number of halogens is 3. The number of alkyl halides is 3. The lowest BCUT2D eigenvalue weighted by molar-refractivity contribution is -0.114. The number of hydrogen-bond acceptors (Lipinski definition) is 1. The Bertz CT molecular complexity index is 313. The summed E-state index contributed by atoms with van der Waals surface area (Å²) in [6.07, 6.45) is -2.12. The van der Waals surface area contributed by atoms with Gasteiger partial charge in [0, 0.05) is 23.2 Å². The van der Waals surface area contributed by atoms with E-state index in [-0.39, 0.29) is 0 Å². The van der Waals surface area contributed by atoms with Crippen molar-refractivity contribution in [3.63, 3.8) is 0 Å². The smallest absolute Gasteiger partial charge is 0.267 e. The van der Waals surface area contributed by atoms with Crippen LogP contribution < -0.4 is 0 Å². The Hall–Kier alpha value is -0.650. The first-order valence-electron chi connectivity index (χ1n) is 5.50. The molecule has 0 aliphatic carbocycles. The van der Waals surface area contributed by atoms with Gasteiger partial charge in [-0.3, -0.25) is 4.79 Å². The van der Waals surface area contributed by atoms with Crippen LogP contribution in [0.25, 0.3) is 0 Å². The number of carbonyl (C=O) groups excluding carboxylic acids is 1. The molecule has 0 saturated carbocycles. The van der Waals surface area contributed by atoms with Gasteiger partial charge in [0.2, 0.25) is 0 Å². The van der Waals surface area contributed by atoms with Gasteiger partial charge in [0.25, 0.3) is 5.91 Å². The first kappa shape index (κ1) is 16.4. The summed E-state index contributed by atoms with van der Waals surface area (Å²) in [5, 5.41) is 0. The van der Waals surface area contributed by atoms with Gasteiger partial charge < -0.3 is 0 Å². The molecule has 0 aromatic heterocycles. The maximum Gasteiger partial charge on any atom is 0.412 e. The van der Waals surface area contributed by atoms with Crippen LogP contribution in [-0.2, 0) is 15.5 Å². The fourth-order valence-electron chi connectivity index (χ4n) is 1.09. The maximum absolute atomic E-state index is 12.2. The Morgan fingerprint density at radius 3 is 2.06 bits per heavy atom. The Morgan fingerprint density at radius 1 is 1.24 bits per heavy atom. The molecule has 0 aromatic carbocycles. The van der Waals surface area contributed by atoms with E-state index < -0.39 is 28.3 Å². The van der Waals surface area contributed by atoms with Crippen LogP contribution in [0.5, 0.6) is 0 Å². The van der Waals surface area contributed by atoms with Crippen LogP contribution in [0.2, 0.25) is 0 Å². The van der Waals surface area contributed by atoms with E-state index >= 15 is 0 Å². The molecule has 0 radical (unpaired) electrons. The van der Waals surface area contributed by atoms with E-state index in [1.165, 1.54) is 0 Å². The Morgan fingerprint density at radius 2 is 1.71 bits per heavy atom. The van der Waals surface area contributed by atoms with Gasteiger partial charge in [0.1, 0.15) is 0 Å². The van der Waals surface area contributed by atoms with Crippen LogP contribution in [-0.4, -0.2) is 23.6 Å². The van der Waals surface area contributed by atoms with Crippen molar-refractivity contribution in [3.8, 4) is 0 Å². The number of amides is 1. The molecule has 0 aliphatic heterocycles. The summed E-state index contributed by atoms with van der Waals surface area (Å²) < 4.78 is 40.4. The zero-order chi connectivity index (χ0) is 13.5. The topological polar surface area (TPSA) is 29.4 Å². The van der Waals surface area contributed by atoms with Crippen molar-refractivity contribution >= 4 is 16.6 Å². The molecule has 0 aliphatic rings. The zero-order valence-corrected chi connectivity index (χ0v) is 11.1. The summed E-state index contributed by atoms with van der Waals surface area (Å²) in [7, 11) is -0.434. The van der Waals surface area contributed by atoms with Gasteiger partial charge in [-0.05, 0) is 19.8 Å². The fourth-order valence-corrected chi connectivity index (χ4v) is 2.72. The minimum absolute atomic E-state index is 0.434. The van der Waals surface area contributed by atoms with E-state index in [1.807, 2.05) is 13.8 Å². The largest absolute Gasteiger partial charge is 0.412 e. The normalized spacial score (nSPS) is 13.0. The monoisotopic (exact) mass is 269 g/mol. The third-order valence-electron chi connectivity index (χ3n) is 1.89. The second-order valence-electron chi connectivity index (χ2n) is 3.63. The molecular formula is C11H18F3NOS. The molecule has 6 heteroatoms. The molecule has 0 saturated heterocycles. The molecule has 0 fully saturated rings. The van der Waals surface area contributed by atoms with Gasteiger partial charge in [0.15, 0.2) is 0 Å². The van der Waals surface area contributed by atoms with Crippen molar-refractivity contribution in [2.45, 2.75) is 39.8 Å². The molecule has 0 heterocycles. The highest BCUT2D eigenvalue weighted by atomic mass is 32.2. The summed E-state index contributed by atoms with van der Waals surface area (Å²) in [5.74, 6) is 0.752. The van der Waals surface area contributed by atoms with Crippen LogP contribution in [0.4, 0.5) is 13.2 Å². The van der Waals surface area contributed by atoms with E-state index in [2.05, 4.69) is 4.36 Å². The lowest BCUT2D eigenvalue weighted by Gasteiger charge is -2.06. The average Bonchev–Trinajstić information content (AvgIpc) is 2.16. The molecule has 2 nitrogen and oxygen atoms in total. The first-order chi connectivity index (χ1) is 7.81. The van der Waals surface area contributed by atoms with Gasteiger partial charge in [-0.25, -0.2) is 0 Å². The number of hydrogen-bond donors (Lipinski definition) is 0. The summed E-state index contributed by atoms with van der Waals surface area (Å²) >= 11 is 0. The summed E-state index contributed by atoms with van der Waals surface area (Å²) in [5.41, 5.74) is -0.900. The van der Waals surface area contributed by atoms with Gasteiger partial charge >= 0.3 is 6.18 Å². The molecule has 0 unspecified atom stereocenters. The van der Waals surface area contributed by atoms with Crippen molar-refractivity contribution in [1.29, 1.82) is 0 Å². The number of rotatable bonds is 5. The predicted molar refractivity (Wildman–Crippen MR) is 64.9 cm³/mol. The number of nitrogens with zero attached hydrogens (tertiary/aromatic N) is 1. The molecule has 0 N–H and O–H groups in total. The highest BCUT2D eigenvalue weighted by Gasteiger charge is 2.30. The second-order valence-corrected chi connectivity index (χ2v) is 5.55. The van der Waals surface area contributed by atoms with Gasteiger partial charge in [-0.2, -0.15) is 17.5 Å². The van der Waals surface area contributed by atoms with Crippen molar-refractivity contribution < 1.29 is 18.0 Å². The van der Waals surface area contributed by atoms with Crippen LogP contribution in [0.15, 0.2) is 16.0 Å². The Balaban J connectivity index is 4.75. The maximum atomic E-state index is 12.2. The molecular weight excluding hydrogens is 251 g/mol. The lowest BCUT2D eigenvalue weighted by Crippen LogP contribution is -2.11. The third kappa shape index (κ3) is 7.31. The fraction of sp³-hybridized carbons (Fsp3) is 0.727. The van der Waals surface area contributed by atoms with E-state index in [1.54, 1.807) is 0 Å². The second kappa shape index (κ2) is 7.63. The molecule has 17 heavy (non-hydrogen) atoms. The van der Waals surface area contributed by atoms with Gasteiger partial charge in [0.05, 0.1) is 0 Å². The van der Waals surface area contributed by atoms with Gasteiger partial charge in [-0.1, -0.05) is 24.5 Å². The van der Waals surface area contributed by atoms with Crippen molar-refractivity contribution in [1.82, 2.24) is 0 Å². The standard InChI is InChI=1S/C11H18F3NOS/c1-4-6-17(7-5-2)15-10(16)8-9(3)11(12,13)14/h8H,4-7H2,1-3H3. The molecule has 0 atom stereocenters. The summed E-state index contributed by atoms with van der Waals surface area (Å²) in [6, 6.07) is 0. The van der Waals surface area contributed by atoms with Crippen molar-refractivity contribution in [3.05, 3.63) is 11.6 Å². The van der Waals surface area contributed by atoms with Crippen LogP contribution >= 0.6 is 0 Å². The van der Waals surface area contributed by atoms with Crippen molar-refractivity contribution in [2.24, 2.45) is 4.36 Å². The van der Waals surface area contributed by atoms with E-state index in [0.29, 0.717) is 6.08 Å². The molecule has 0 spiro atoms. The third-order valence-corrected chi connectivity index (χ3v) is 4.08. The quantitative estimate of drug-likeness (QED) is 0.701. The summed E-state index contributed by atoms with van der Waals surface area (Å²) in [4.78, 5) is 11.3. The average molecular weight is 269 g/mol. The predicted octanol–water partition coefficient (Wildman–Crippen LogP) is 3.64. The Kier molecular flexibility index (Phi) is 7.34. The van der Waals surface area contributed by atoms with Crippen molar-refractivity contribution in [2.75, 3.05) is 11.5 Å². The number of allylic oxidation sites excluding steroid dienone is 1. The minimum Gasteiger partial charge on any atom is -0.267 e. The zero-order valence-electron chi connectivity index (χ0n) is 10.3. The summed E-state index contributed by atoms with van der Waals surface area (Å²) in [6.45, 7) is 4.81. The molecule has 0 rings (SSSR count). The van der Waals surface area contributed by atoms with E-state index in [0.717, 1.165) is 31.3 Å². The molecule has 0 aromatic rings. The van der Waals surface area contributed by atoms with Crippen LogP contribution in [0.1, 0.15) is 33.6 Å². The van der Waals surface area contributed by atoms with Crippen LogP contribution in [0.3, 0.4) is 0 Å². The van der Waals surface area contributed by atoms with E-state index in [9.17, 15) is 18.0 Å². The molecule has 100 valence electrons. The molecule has 0 bridgehead atoms. The lowest BCUT2D eigenvalue weighted by atomic mass is 10.3. The SMILES string of the molecule is CCCS(CCC)=NC(=O)C=C(C)C(F)(F)F. The van der Waals surface area contributed by atoms with E-state index in [4.69, 9.17) is 0 Å². The highest BCUT2D eigenvalue weighted by molar-refractivity contribution is 7.87. The Labute approximate surface area is 102 Å². The minimum atomic E-state index is -4.45. The highest BCUT2D eigenvalue weighted by Crippen LogP contribution is 2.24.